The van der Waals surface area contributed by atoms with Crippen molar-refractivity contribution in [2.24, 2.45) is 0 Å². The first kappa shape index (κ1) is 12.4. The average Bonchev–Trinajstić information content (AvgIpc) is 2.76. The smallest absolute Gasteiger partial charge is 0.137 e. The summed E-state index contributed by atoms with van der Waals surface area (Å²) in [6.45, 7) is 2.25. The average molecular weight is 269 g/mol. The summed E-state index contributed by atoms with van der Waals surface area (Å²) >= 11 is 7.43. The zero-order valence-electron chi connectivity index (χ0n) is 9.23. The Hall–Kier alpha value is -1.10. The van der Waals surface area contributed by atoms with E-state index in [2.05, 4.69) is 10.3 Å². The van der Waals surface area contributed by atoms with Crippen LogP contribution in [0.15, 0.2) is 36.7 Å². The lowest BCUT2D eigenvalue weighted by Crippen LogP contribution is -2.20. The van der Waals surface area contributed by atoms with Gasteiger partial charge in [-0.2, -0.15) is 0 Å². The molecule has 0 aliphatic carbocycles. The standard InChI is InChI=1S/C12H13ClN2OS/c13-12-4-3-11(17-12)9-15-6-7-16-10-2-1-5-14-8-10/h1-5,8,15H,6-7,9H2. The number of thiophene rings is 1. The van der Waals surface area contributed by atoms with Gasteiger partial charge in [0, 0.05) is 24.2 Å². The molecular formula is C12H13ClN2OS. The molecule has 2 rings (SSSR count). The molecule has 2 heterocycles. The Kier molecular flexibility index (Phi) is 4.79. The zero-order chi connectivity index (χ0) is 11.9. The number of ether oxygens (including phenoxy) is 1. The van der Waals surface area contributed by atoms with Crippen molar-refractivity contribution >= 4 is 22.9 Å². The van der Waals surface area contributed by atoms with Crippen LogP contribution in [-0.4, -0.2) is 18.1 Å². The molecule has 0 unspecified atom stereocenters. The summed E-state index contributed by atoms with van der Waals surface area (Å²) in [6, 6.07) is 7.69. The third kappa shape index (κ3) is 4.34. The van der Waals surface area contributed by atoms with E-state index in [-0.39, 0.29) is 0 Å². The van der Waals surface area contributed by atoms with Gasteiger partial charge in [0.1, 0.15) is 12.4 Å². The summed E-state index contributed by atoms with van der Waals surface area (Å²) in [5, 5.41) is 3.29. The number of hydrogen-bond acceptors (Lipinski definition) is 4. The molecular weight excluding hydrogens is 256 g/mol. The highest BCUT2D eigenvalue weighted by molar-refractivity contribution is 7.16. The Morgan fingerprint density at radius 2 is 2.29 bits per heavy atom. The highest BCUT2D eigenvalue weighted by Gasteiger charge is 1.97. The van der Waals surface area contributed by atoms with Crippen LogP contribution in [0.4, 0.5) is 0 Å². The van der Waals surface area contributed by atoms with Gasteiger partial charge >= 0.3 is 0 Å². The second-order valence-electron chi connectivity index (χ2n) is 3.42. The molecule has 1 N–H and O–H groups in total. The monoisotopic (exact) mass is 268 g/mol. The van der Waals surface area contributed by atoms with E-state index in [0.717, 1.165) is 23.2 Å². The Morgan fingerprint density at radius 1 is 1.35 bits per heavy atom. The van der Waals surface area contributed by atoms with E-state index in [1.54, 1.807) is 23.7 Å². The minimum absolute atomic E-state index is 0.630. The van der Waals surface area contributed by atoms with Crippen molar-refractivity contribution in [2.75, 3.05) is 13.2 Å². The minimum atomic E-state index is 0.630. The van der Waals surface area contributed by atoms with Gasteiger partial charge < -0.3 is 10.1 Å². The number of rotatable bonds is 6. The third-order valence-electron chi connectivity index (χ3n) is 2.11. The first-order valence-electron chi connectivity index (χ1n) is 5.32. The Balaban J connectivity index is 1.61. The molecule has 0 spiro atoms. The van der Waals surface area contributed by atoms with Crippen molar-refractivity contribution in [3.63, 3.8) is 0 Å². The van der Waals surface area contributed by atoms with Crippen LogP contribution in [0.3, 0.4) is 0 Å². The molecule has 17 heavy (non-hydrogen) atoms. The van der Waals surface area contributed by atoms with Crippen molar-refractivity contribution in [3.8, 4) is 5.75 Å². The maximum absolute atomic E-state index is 5.84. The molecule has 0 radical (unpaired) electrons. The topological polar surface area (TPSA) is 34.1 Å². The molecule has 0 aliphatic heterocycles. The van der Waals surface area contributed by atoms with Crippen LogP contribution >= 0.6 is 22.9 Å². The lowest BCUT2D eigenvalue weighted by molar-refractivity contribution is 0.312. The largest absolute Gasteiger partial charge is 0.491 e. The van der Waals surface area contributed by atoms with E-state index < -0.39 is 0 Å². The van der Waals surface area contributed by atoms with Crippen LogP contribution in [0.5, 0.6) is 5.75 Å². The fourth-order valence-electron chi connectivity index (χ4n) is 1.33. The first-order valence-corrected chi connectivity index (χ1v) is 6.52. The Labute approximate surface area is 109 Å². The van der Waals surface area contributed by atoms with Crippen LogP contribution in [0.2, 0.25) is 4.34 Å². The van der Waals surface area contributed by atoms with Crippen molar-refractivity contribution in [2.45, 2.75) is 6.54 Å². The summed E-state index contributed by atoms with van der Waals surface area (Å²) in [5.41, 5.74) is 0. The van der Waals surface area contributed by atoms with Gasteiger partial charge in [0.2, 0.25) is 0 Å². The van der Waals surface area contributed by atoms with Crippen LogP contribution in [0.1, 0.15) is 4.88 Å². The molecule has 2 aromatic rings. The van der Waals surface area contributed by atoms with Crippen molar-refractivity contribution < 1.29 is 4.74 Å². The van der Waals surface area contributed by atoms with Gasteiger partial charge in [-0.15, -0.1) is 11.3 Å². The molecule has 0 bridgehead atoms. The first-order chi connectivity index (χ1) is 8.34. The number of nitrogens with one attached hydrogen (secondary N) is 1. The maximum atomic E-state index is 5.84. The quantitative estimate of drug-likeness (QED) is 0.818. The molecule has 5 heteroatoms. The van der Waals surface area contributed by atoms with Gasteiger partial charge in [0.15, 0.2) is 0 Å². The fraction of sp³-hybridized carbons (Fsp3) is 0.250. The number of aromatic nitrogens is 1. The summed E-state index contributed by atoms with van der Waals surface area (Å²) in [6.07, 6.45) is 3.44. The Bertz CT molecular complexity index is 447. The van der Waals surface area contributed by atoms with Crippen molar-refractivity contribution in [1.29, 1.82) is 0 Å². The highest BCUT2D eigenvalue weighted by Crippen LogP contribution is 2.20. The molecule has 3 nitrogen and oxygen atoms in total. The van der Waals surface area contributed by atoms with Gasteiger partial charge in [-0.25, -0.2) is 0 Å². The molecule has 0 aromatic carbocycles. The molecule has 0 saturated heterocycles. The lowest BCUT2D eigenvalue weighted by Gasteiger charge is -2.06. The normalized spacial score (nSPS) is 10.4. The van der Waals surface area contributed by atoms with E-state index in [1.807, 2.05) is 24.3 Å². The number of nitrogens with zero attached hydrogens (tertiary/aromatic N) is 1. The van der Waals surface area contributed by atoms with E-state index in [9.17, 15) is 0 Å². The molecule has 0 aliphatic rings. The minimum Gasteiger partial charge on any atom is -0.491 e. The predicted molar refractivity (Wildman–Crippen MR) is 70.8 cm³/mol. The van der Waals surface area contributed by atoms with Gasteiger partial charge in [-0.05, 0) is 24.3 Å². The van der Waals surface area contributed by atoms with E-state index in [1.165, 1.54) is 4.88 Å². The van der Waals surface area contributed by atoms with Gasteiger partial charge in [0.05, 0.1) is 10.5 Å². The second-order valence-corrected chi connectivity index (χ2v) is 5.22. The maximum Gasteiger partial charge on any atom is 0.137 e. The summed E-state index contributed by atoms with van der Waals surface area (Å²) < 4.78 is 6.33. The van der Waals surface area contributed by atoms with Crippen LogP contribution in [0, 0.1) is 0 Å². The van der Waals surface area contributed by atoms with Gasteiger partial charge in [-0.1, -0.05) is 11.6 Å². The number of hydrogen-bond donors (Lipinski definition) is 1. The van der Waals surface area contributed by atoms with Crippen molar-refractivity contribution in [1.82, 2.24) is 10.3 Å². The van der Waals surface area contributed by atoms with Crippen LogP contribution in [-0.2, 0) is 6.54 Å². The molecule has 0 saturated carbocycles. The van der Waals surface area contributed by atoms with E-state index in [0.29, 0.717) is 6.61 Å². The summed E-state index contributed by atoms with van der Waals surface area (Å²) in [7, 11) is 0. The molecule has 0 atom stereocenters. The second kappa shape index (κ2) is 6.59. The summed E-state index contributed by atoms with van der Waals surface area (Å²) in [5.74, 6) is 0.800. The summed E-state index contributed by atoms with van der Waals surface area (Å²) in [4.78, 5) is 5.21. The number of halogens is 1. The number of pyridine rings is 1. The van der Waals surface area contributed by atoms with E-state index in [4.69, 9.17) is 16.3 Å². The molecule has 0 amide bonds. The van der Waals surface area contributed by atoms with Crippen molar-refractivity contribution in [3.05, 3.63) is 45.9 Å². The molecule has 2 aromatic heterocycles. The SMILES string of the molecule is Clc1ccc(CNCCOc2cccnc2)s1. The Morgan fingerprint density at radius 3 is 3.00 bits per heavy atom. The van der Waals surface area contributed by atoms with Crippen LogP contribution in [0.25, 0.3) is 0 Å². The predicted octanol–water partition coefficient (Wildman–Crippen LogP) is 2.97. The zero-order valence-corrected chi connectivity index (χ0v) is 10.8. The van der Waals surface area contributed by atoms with Gasteiger partial charge in [0.25, 0.3) is 0 Å². The van der Waals surface area contributed by atoms with E-state index >= 15 is 0 Å². The molecule has 0 fully saturated rings. The lowest BCUT2D eigenvalue weighted by atomic mass is 10.4. The third-order valence-corrected chi connectivity index (χ3v) is 3.34. The highest BCUT2D eigenvalue weighted by atomic mass is 35.5. The molecule has 90 valence electrons. The van der Waals surface area contributed by atoms with Crippen LogP contribution < -0.4 is 10.1 Å². The van der Waals surface area contributed by atoms with Gasteiger partial charge in [-0.3, -0.25) is 4.98 Å². The fourth-order valence-corrected chi connectivity index (χ4v) is 2.39.